The van der Waals surface area contributed by atoms with Gasteiger partial charge in [-0.3, -0.25) is 25.0 Å². The molecule has 0 spiro atoms. The van der Waals surface area contributed by atoms with Crippen molar-refractivity contribution in [3.8, 4) is 0 Å². The van der Waals surface area contributed by atoms with Gasteiger partial charge in [0.05, 0.1) is 14.9 Å². The van der Waals surface area contributed by atoms with Gasteiger partial charge in [-0.2, -0.15) is 0 Å². The molecule has 2 aromatic rings. The molecule has 2 aromatic carbocycles. The summed E-state index contributed by atoms with van der Waals surface area (Å²) < 4.78 is 0. The maximum Gasteiger partial charge on any atom is 0.294 e. The Morgan fingerprint density at radius 3 is 2.23 bits per heavy atom. The molecule has 0 aromatic heterocycles. The minimum Gasteiger partial charge on any atom is -0.361 e. The van der Waals surface area contributed by atoms with Crippen LogP contribution in [0, 0.1) is 20.2 Å². The number of nitro groups is 2. The molecule has 0 N–H and O–H groups in total. The zero-order valence-electron chi connectivity index (χ0n) is 15.5. The van der Waals surface area contributed by atoms with E-state index in [-0.39, 0.29) is 27.3 Å². The van der Waals surface area contributed by atoms with Gasteiger partial charge in [-0.05, 0) is 23.8 Å². The lowest BCUT2D eigenvalue weighted by molar-refractivity contribution is -0.384. The third-order valence-electron chi connectivity index (χ3n) is 4.66. The lowest BCUT2D eigenvalue weighted by Crippen LogP contribution is -2.48. The topological polar surface area (TPSA) is 110 Å². The number of halogens is 2. The maximum atomic E-state index is 12.5. The minimum absolute atomic E-state index is 0.0215. The molecule has 0 unspecified atom stereocenters. The zero-order valence-corrected chi connectivity index (χ0v) is 17.0. The number of hydrogen-bond acceptors (Lipinski definition) is 6. The van der Waals surface area contributed by atoms with Crippen molar-refractivity contribution >= 4 is 52.2 Å². The highest BCUT2D eigenvalue weighted by atomic mass is 35.5. The molecule has 1 amide bonds. The van der Waals surface area contributed by atoms with Crippen LogP contribution in [0.1, 0.15) is 5.56 Å². The Kier molecular flexibility index (Phi) is 6.53. The van der Waals surface area contributed by atoms with E-state index in [1.807, 2.05) is 0 Å². The first-order valence-corrected chi connectivity index (χ1v) is 9.62. The van der Waals surface area contributed by atoms with Gasteiger partial charge < -0.3 is 9.80 Å². The van der Waals surface area contributed by atoms with Gasteiger partial charge in [0.2, 0.25) is 5.91 Å². The molecule has 1 heterocycles. The van der Waals surface area contributed by atoms with Crippen LogP contribution in [0.3, 0.4) is 0 Å². The van der Waals surface area contributed by atoms with Crippen LogP contribution in [0.4, 0.5) is 17.1 Å². The predicted molar refractivity (Wildman–Crippen MR) is 114 cm³/mol. The average Bonchev–Trinajstić information content (AvgIpc) is 2.72. The van der Waals surface area contributed by atoms with E-state index in [9.17, 15) is 25.0 Å². The van der Waals surface area contributed by atoms with Gasteiger partial charge in [0.25, 0.3) is 11.4 Å². The fourth-order valence-electron chi connectivity index (χ4n) is 3.16. The van der Waals surface area contributed by atoms with E-state index in [1.54, 1.807) is 21.9 Å². The van der Waals surface area contributed by atoms with E-state index in [2.05, 4.69) is 0 Å². The summed E-state index contributed by atoms with van der Waals surface area (Å²) >= 11 is 12.0. The maximum absolute atomic E-state index is 12.5. The van der Waals surface area contributed by atoms with Crippen LogP contribution in [0.25, 0.3) is 6.08 Å². The second kappa shape index (κ2) is 9.10. The highest BCUT2D eigenvalue weighted by Crippen LogP contribution is 2.35. The SMILES string of the molecule is O=C(/C=C/c1ccc(Cl)c([N+](=O)[O-])c1)N1CCN(c2c(Cl)cccc2[N+](=O)[O-])CC1. The fraction of sp³-hybridized carbons (Fsp3) is 0.211. The number of benzene rings is 2. The quantitative estimate of drug-likeness (QED) is 0.383. The van der Waals surface area contributed by atoms with Crippen molar-refractivity contribution in [1.29, 1.82) is 0 Å². The summed E-state index contributed by atoms with van der Waals surface area (Å²) in [6.07, 6.45) is 2.82. The number of rotatable bonds is 5. The first kappa shape index (κ1) is 21.5. The summed E-state index contributed by atoms with van der Waals surface area (Å²) in [6, 6.07) is 8.78. The van der Waals surface area contributed by atoms with E-state index in [0.717, 1.165) is 0 Å². The van der Waals surface area contributed by atoms with Crippen molar-refractivity contribution < 1.29 is 14.6 Å². The van der Waals surface area contributed by atoms with E-state index < -0.39 is 9.85 Å². The van der Waals surface area contributed by atoms with Gasteiger partial charge in [0, 0.05) is 44.4 Å². The van der Waals surface area contributed by atoms with E-state index in [1.165, 1.54) is 36.4 Å². The van der Waals surface area contributed by atoms with E-state index in [4.69, 9.17) is 23.2 Å². The first-order chi connectivity index (χ1) is 14.3. The van der Waals surface area contributed by atoms with Crippen LogP contribution < -0.4 is 4.90 Å². The number of amides is 1. The molecule has 0 radical (unpaired) electrons. The molecule has 9 nitrogen and oxygen atoms in total. The fourth-order valence-corrected chi connectivity index (χ4v) is 3.64. The predicted octanol–water partition coefficient (Wildman–Crippen LogP) is 4.17. The van der Waals surface area contributed by atoms with E-state index in [0.29, 0.717) is 37.4 Å². The summed E-state index contributed by atoms with van der Waals surface area (Å²) in [5.74, 6) is -0.263. The minimum atomic E-state index is -0.589. The van der Waals surface area contributed by atoms with Crippen molar-refractivity contribution in [3.63, 3.8) is 0 Å². The number of nitrogens with zero attached hydrogens (tertiary/aromatic N) is 4. The second-order valence-electron chi connectivity index (χ2n) is 6.48. The Balaban J connectivity index is 1.67. The molecule has 0 bridgehead atoms. The van der Waals surface area contributed by atoms with Crippen LogP contribution in [-0.2, 0) is 4.79 Å². The Hall–Kier alpha value is -3.17. The van der Waals surface area contributed by atoms with Crippen molar-refractivity contribution in [2.24, 2.45) is 0 Å². The highest BCUT2D eigenvalue weighted by molar-refractivity contribution is 6.34. The highest BCUT2D eigenvalue weighted by Gasteiger charge is 2.27. The average molecular weight is 451 g/mol. The number of carbonyl (C=O) groups excluding carboxylic acids is 1. The van der Waals surface area contributed by atoms with Crippen molar-refractivity contribution in [2.75, 3.05) is 31.1 Å². The van der Waals surface area contributed by atoms with Crippen molar-refractivity contribution in [1.82, 2.24) is 4.90 Å². The van der Waals surface area contributed by atoms with Gasteiger partial charge >= 0.3 is 0 Å². The number of carbonyl (C=O) groups is 1. The van der Waals surface area contributed by atoms with Gasteiger partial charge in [-0.25, -0.2) is 0 Å². The van der Waals surface area contributed by atoms with Crippen LogP contribution in [-0.4, -0.2) is 46.8 Å². The van der Waals surface area contributed by atoms with Gasteiger partial charge in [-0.15, -0.1) is 0 Å². The number of anilines is 1. The van der Waals surface area contributed by atoms with Crippen LogP contribution >= 0.6 is 23.2 Å². The Bertz CT molecular complexity index is 1040. The summed E-state index contributed by atoms with van der Waals surface area (Å²) in [5.41, 5.74) is 0.512. The summed E-state index contributed by atoms with van der Waals surface area (Å²) in [4.78, 5) is 37.0. The molecule has 0 saturated carbocycles. The van der Waals surface area contributed by atoms with Crippen LogP contribution in [0.2, 0.25) is 10.0 Å². The molecule has 1 saturated heterocycles. The number of piperazine rings is 1. The molecule has 0 atom stereocenters. The molecule has 30 heavy (non-hydrogen) atoms. The largest absolute Gasteiger partial charge is 0.361 e. The summed E-state index contributed by atoms with van der Waals surface area (Å²) in [6.45, 7) is 1.48. The molecular formula is C19H16Cl2N4O5. The lowest BCUT2D eigenvalue weighted by Gasteiger charge is -2.35. The molecule has 11 heteroatoms. The lowest BCUT2D eigenvalue weighted by atomic mass is 10.1. The first-order valence-electron chi connectivity index (χ1n) is 8.86. The monoisotopic (exact) mass is 450 g/mol. The number of nitro benzene ring substituents is 2. The number of para-hydroxylation sites is 1. The molecule has 3 rings (SSSR count). The van der Waals surface area contributed by atoms with Crippen molar-refractivity contribution in [2.45, 2.75) is 0 Å². The Labute approximate surface area is 181 Å². The van der Waals surface area contributed by atoms with Crippen LogP contribution in [0.15, 0.2) is 42.5 Å². The second-order valence-corrected chi connectivity index (χ2v) is 7.29. The molecule has 1 fully saturated rings. The van der Waals surface area contributed by atoms with Gasteiger partial charge in [-0.1, -0.05) is 35.3 Å². The molecule has 156 valence electrons. The van der Waals surface area contributed by atoms with Crippen molar-refractivity contribution in [3.05, 3.63) is 78.3 Å². The number of hydrogen-bond donors (Lipinski definition) is 0. The zero-order chi connectivity index (χ0) is 21.8. The Morgan fingerprint density at radius 1 is 0.933 bits per heavy atom. The molecule has 0 aliphatic carbocycles. The molecule has 1 aliphatic heterocycles. The smallest absolute Gasteiger partial charge is 0.294 e. The van der Waals surface area contributed by atoms with Gasteiger partial charge in [0.1, 0.15) is 10.7 Å². The van der Waals surface area contributed by atoms with Crippen LogP contribution in [0.5, 0.6) is 0 Å². The Morgan fingerprint density at radius 2 is 1.60 bits per heavy atom. The third kappa shape index (κ3) is 4.69. The van der Waals surface area contributed by atoms with Gasteiger partial charge in [0.15, 0.2) is 0 Å². The normalized spacial score (nSPS) is 14.2. The molecule has 1 aliphatic rings. The standard InChI is InChI=1S/C19H16Cl2N4O5/c20-14-6-4-13(12-17(14)25(29)30)5-7-18(26)22-8-10-23(11-9-22)19-15(21)2-1-3-16(19)24(27)28/h1-7,12H,8-11H2/b7-5+. The van der Waals surface area contributed by atoms with E-state index >= 15 is 0 Å². The summed E-state index contributed by atoms with van der Waals surface area (Å²) in [5, 5.41) is 22.6. The summed E-state index contributed by atoms with van der Waals surface area (Å²) in [7, 11) is 0. The molecular weight excluding hydrogens is 435 g/mol. The third-order valence-corrected chi connectivity index (χ3v) is 5.28.